The standard InChI is InChI=1S/C12H26N2O2/c1-10(2)14(6)9-7-8-13-11(15)16-12(3,4)5/h10H,7-9H2,1-6H3,(H,13,15). The van der Waals surface area contributed by atoms with Gasteiger partial charge in [-0.1, -0.05) is 0 Å². The number of carbonyl (C=O) groups is 1. The van der Waals surface area contributed by atoms with E-state index >= 15 is 0 Å². The predicted octanol–water partition coefficient (Wildman–Crippen LogP) is 2.24. The summed E-state index contributed by atoms with van der Waals surface area (Å²) in [6.45, 7) is 11.5. The monoisotopic (exact) mass is 230 g/mol. The fraction of sp³-hybridized carbons (Fsp3) is 0.917. The highest BCUT2D eigenvalue weighted by Gasteiger charge is 2.15. The number of alkyl carbamates (subject to hydrolysis) is 1. The molecule has 0 bridgehead atoms. The number of ether oxygens (including phenoxy) is 1. The van der Waals surface area contributed by atoms with Crippen LogP contribution < -0.4 is 5.32 Å². The molecule has 0 spiro atoms. The minimum atomic E-state index is -0.418. The maximum Gasteiger partial charge on any atom is 0.407 e. The van der Waals surface area contributed by atoms with E-state index in [0.717, 1.165) is 13.0 Å². The number of hydrogen-bond acceptors (Lipinski definition) is 3. The van der Waals surface area contributed by atoms with Crippen LogP contribution in [0, 0.1) is 0 Å². The molecule has 0 aliphatic rings. The number of amides is 1. The highest BCUT2D eigenvalue weighted by atomic mass is 16.6. The second-order valence-electron chi connectivity index (χ2n) is 5.36. The molecular weight excluding hydrogens is 204 g/mol. The third kappa shape index (κ3) is 8.53. The van der Waals surface area contributed by atoms with Crippen LogP contribution in [-0.2, 0) is 4.74 Å². The zero-order valence-corrected chi connectivity index (χ0v) is 11.5. The zero-order valence-electron chi connectivity index (χ0n) is 11.5. The van der Waals surface area contributed by atoms with Crippen LogP contribution in [0.25, 0.3) is 0 Å². The van der Waals surface area contributed by atoms with E-state index in [9.17, 15) is 4.79 Å². The van der Waals surface area contributed by atoms with Crippen molar-refractivity contribution in [2.24, 2.45) is 0 Å². The van der Waals surface area contributed by atoms with Crippen molar-refractivity contribution in [2.45, 2.75) is 52.7 Å². The Balaban J connectivity index is 3.56. The van der Waals surface area contributed by atoms with E-state index in [4.69, 9.17) is 4.74 Å². The smallest absolute Gasteiger partial charge is 0.407 e. The van der Waals surface area contributed by atoms with Crippen LogP contribution in [0.3, 0.4) is 0 Å². The molecular formula is C12H26N2O2. The van der Waals surface area contributed by atoms with Crippen LogP contribution in [-0.4, -0.2) is 42.8 Å². The second kappa shape index (κ2) is 6.74. The molecule has 0 aromatic carbocycles. The van der Waals surface area contributed by atoms with Gasteiger partial charge in [0.05, 0.1) is 0 Å². The Morgan fingerprint density at radius 2 is 1.94 bits per heavy atom. The Morgan fingerprint density at radius 3 is 2.38 bits per heavy atom. The number of nitrogens with one attached hydrogen (secondary N) is 1. The highest BCUT2D eigenvalue weighted by Crippen LogP contribution is 2.06. The molecule has 0 saturated carbocycles. The molecule has 96 valence electrons. The average Bonchev–Trinajstić information content (AvgIpc) is 2.08. The Labute approximate surface area is 99.3 Å². The van der Waals surface area contributed by atoms with Crippen LogP contribution in [0.4, 0.5) is 4.79 Å². The van der Waals surface area contributed by atoms with Gasteiger partial charge in [0.2, 0.25) is 0 Å². The molecule has 0 fully saturated rings. The Hall–Kier alpha value is -0.770. The van der Waals surface area contributed by atoms with E-state index in [1.165, 1.54) is 0 Å². The van der Waals surface area contributed by atoms with Crippen LogP contribution in [0.5, 0.6) is 0 Å². The van der Waals surface area contributed by atoms with E-state index in [-0.39, 0.29) is 6.09 Å². The largest absolute Gasteiger partial charge is 0.444 e. The van der Waals surface area contributed by atoms with Gasteiger partial charge >= 0.3 is 6.09 Å². The molecule has 0 radical (unpaired) electrons. The zero-order chi connectivity index (χ0) is 12.8. The molecule has 0 aliphatic heterocycles. The van der Waals surface area contributed by atoms with Gasteiger partial charge in [0.25, 0.3) is 0 Å². The summed E-state index contributed by atoms with van der Waals surface area (Å²) in [5.74, 6) is 0. The minimum Gasteiger partial charge on any atom is -0.444 e. The third-order valence-electron chi connectivity index (χ3n) is 2.24. The summed E-state index contributed by atoms with van der Waals surface area (Å²) < 4.78 is 5.13. The van der Waals surface area contributed by atoms with Crippen molar-refractivity contribution in [3.8, 4) is 0 Å². The lowest BCUT2D eigenvalue weighted by Crippen LogP contribution is -2.35. The SMILES string of the molecule is CC(C)N(C)CCCNC(=O)OC(C)(C)C. The second-order valence-corrected chi connectivity index (χ2v) is 5.36. The molecule has 1 N–H and O–H groups in total. The van der Waals surface area contributed by atoms with Crippen molar-refractivity contribution < 1.29 is 9.53 Å². The maximum absolute atomic E-state index is 11.3. The summed E-state index contributed by atoms with van der Waals surface area (Å²) >= 11 is 0. The lowest BCUT2D eigenvalue weighted by Gasteiger charge is -2.22. The summed E-state index contributed by atoms with van der Waals surface area (Å²) in [7, 11) is 2.08. The van der Waals surface area contributed by atoms with E-state index in [1.54, 1.807) is 0 Å². The van der Waals surface area contributed by atoms with Gasteiger partial charge in [-0.3, -0.25) is 0 Å². The maximum atomic E-state index is 11.3. The number of carbonyl (C=O) groups excluding carboxylic acids is 1. The first-order valence-corrected chi connectivity index (χ1v) is 5.89. The van der Waals surface area contributed by atoms with Crippen LogP contribution in [0.2, 0.25) is 0 Å². The fourth-order valence-corrected chi connectivity index (χ4v) is 1.09. The fourth-order valence-electron chi connectivity index (χ4n) is 1.09. The summed E-state index contributed by atoms with van der Waals surface area (Å²) in [5.41, 5.74) is -0.418. The van der Waals surface area contributed by atoms with Gasteiger partial charge in [0.1, 0.15) is 5.60 Å². The lowest BCUT2D eigenvalue weighted by atomic mass is 10.2. The van der Waals surface area contributed by atoms with Crippen molar-refractivity contribution in [1.82, 2.24) is 10.2 Å². The van der Waals surface area contributed by atoms with Crippen molar-refractivity contribution in [1.29, 1.82) is 0 Å². The Kier molecular flexibility index (Phi) is 6.41. The number of rotatable bonds is 5. The van der Waals surface area contributed by atoms with E-state index in [2.05, 4.69) is 31.1 Å². The van der Waals surface area contributed by atoms with Crippen LogP contribution >= 0.6 is 0 Å². The normalized spacial score (nSPS) is 12.0. The van der Waals surface area contributed by atoms with Gasteiger partial charge in [-0.2, -0.15) is 0 Å². The van der Waals surface area contributed by atoms with Gasteiger partial charge in [0.15, 0.2) is 0 Å². The number of nitrogens with zero attached hydrogens (tertiary/aromatic N) is 1. The molecule has 0 unspecified atom stereocenters. The van der Waals surface area contributed by atoms with Gasteiger partial charge in [0, 0.05) is 12.6 Å². The minimum absolute atomic E-state index is 0.334. The molecule has 0 rings (SSSR count). The summed E-state index contributed by atoms with van der Waals surface area (Å²) in [5, 5.41) is 2.75. The molecule has 16 heavy (non-hydrogen) atoms. The summed E-state index contributed by atoms with van der Waals surface area (Å²) in [6.07, 6.45) is 0.605. The quantitative estimate of drug-likeness (QED) is 0.736. The third-order valence-corrected chi connectivity index (χ3v) is 2.24. The van der Waals surface area contributed by atoms with E-state index in [0.29, 0.717) is 12.6 Å². The van der Waals surface area contributed by atoms with Crippen LogP contribution in [0.1, 0.15) is 41.0 Å². The van der Waals surface area contributed by atoms with Gasteiger partial charge in [-0.15, -0.1) is 0 Å². The first-order valence-electron chi connectivity index (χ1n) is 5.89. The van der Waals surface area contributed by atoms with Gasteiger partial charge in [-0.25, -0.2) is 4.79 Å². The molecule has 0 aromatic heterocycles. The lowest BCUT2D eigenvalue weighted by molar-refractivity contribution is 0.0525. The summed E-state index contributed by atoms with van der Waals surface area (Å²) in [4.78, 5) is 13.5. The van der Waals surface area contributed by atoms with Gasteiger partial charge < -0.3 is 15.0 Å². The first-order chi connectivity index (χ1) is 7.22. The molecule has 0 saturated heterocycles. The van der Waals surface area contributed by atoms with E-state index in [1.807, 2.05) is 20.8 Å². The van der Waals surface area contributed by atoms with Crippen molar-refractivity contribution in [2.75, 3.05) is 20.1 Å². The average molecular weight is 230 g/mol. The highest BCUT2D eigenvalue weighted by molar-refractivity contribution is 5.67. The first kappa shape index (κ1) is 15.2. The molecule has 0 atom stereocenters. The summed E-state index contributed by atoms with van der Waals surface area (Å²) in [6, 6.07) is 0.543. The van der Waals surface area contributed by atoms with Crippen molar-refractivity contribution >= 4 is 6.09 Å². The van der Waals surface area contributed by atoms with Gasteiger partial charge in [-0.05, 0) is 54.6 Å². The van der Waals surface area contributed by atoms with Crippen LogP contribution in [0.15, 0.2) is 0 Å². The topological polar surface area (TPSA) is 41.6 Å². The predicted molar refractivity (Wildman–Crippen MR) is 66.6 cm³/mol. The molecule has 0 heterocycles. The molecule has 4 nitrogen and oxygen atoms in total. The molecule has 0 aliphatic carbocycles. The number of hydrogen-bond donors (Lipinski definition) is 1. The molecule has 0 aromatic rings. The molecule has 4 heteroatoms. The van der Waals surface area contributed by atoms with Crippen molar-refractivity contribution in [3.05, 3.63) is 0 Å². The molecule has 1 amide bonds. The van der Waals surface area contributed by atoms with E-state index < -0.39 is 5.60 Å². The Bertz CT molecular complexity index is 210. The Morgan fingerprint density at radius 1 is 1.38 bits per heavy atom. The van der Waals surface area contributed by atoms with Crippen molar-refractivity contribution in [3.63, 3.8) is 0 Å².